The molecule has 2 heterocycles. The van der Waals surface area contributed by atoms with Gasteiger partial charge in [-0.15, -0.1) is 5.10 Å². The van der Waals surface area contributed by atoms with Crippen LogP contribution in [0, 0.1) is 11.3 Å². The van der Waals surface area contributed by atoms with E-state index in [9.17, 15) is 15.0 Å². The van der Waals surface area contributed by atoms with Gasteiger partial charge in [-0.25, -0.2) is 4.99 Å². The molecule has 2 aliphatic heterocycles. The number of phenols is 2. The van der Waals surface area contributed by atoms with Crippen molar-refractivity contribution in [3.05, 3.63) is 68.5 Å². The van der Waals surface area contributed by atoms with Gasteiger partial charge in [-0.3, -0.25) is 4.79 Å². The summed E-state index contributed by atoms with van der Waals surface area (Å²) in [6.07, 6.45) is 3.13. The topological polar surface area (TPSA) is 118 Å². The summed E-state index contributed by atoms with van der Waals surface area (Å²) < 4.78 is 0. The Morgan fingerprint density at radius 3 is 2.61 bits per heavy atom. The van der Waals surface area contributed by atoms with Crippen molar-refractivity contribution < 1.29 is 15.0 Å². The lowest BCUT2D eigenvalue weighted by Gasteiger charge is -2.29. The highest BCUT2D eigenvalue weighted by molar-refractivity contribution is 6.00. The fraction of sp³-hybridized carbons (Fsp3) is 0.190. The first-order chi connectivity index (χ1) is 13.6. The summed E-state index contributed by atoms with van der Waals surface area (Å²) in [5, 5.41) is 39.0. The van der Waals surface area contributed by atoms with Gasteiger partial charge in [-0.1, -0.05) is 12.1 Å². The van der Waals surface area contributed by atoms with Crippen molar-refractivity contribution in [3.8, 4) is 17.6 Å². The zero-order chi connectivity index (χ0) is 19.4. The van der Waals surface area contributed by atoms with Crippen LogP contribution < -0.4 is 10.7 Å². The molecular formula is C21H14N4O3. The third-order valence-electron chi connectivity index (χ3n) is 5.44. The average Bonchev–Trinajstić information content (AvgIpc) is 3.21. The molecule has 0 fully saturated rings. The van der Waals surface area contributed by atoms with Crippen molar-refractivity contribution >= 4 is 12.0 Å². The van der Waals surface area contributed by atoms with Gasteiger partial charge < -0.3 is 10.2 Å². The summed E-state index contributed by atoms with van der Waals surface area (Å²) in [6, 6.07) is 8.95. The zero-order valence-corrected chi connectivity index (χ0v) is 14.7. The van der Waals surface area contributed by atoms with Crippen LogP contribution in [0.2, 0.25) is 0 Å². The van der Waals surface area contributed by atoms with Crippen LogP contribution >= 0.6 is 0 Å². The zero-order valence-electron chi connectivity index (χ0n) is 14.7. The highest BCUT2D eigenvalue weighted by Crippen LogP contribution is 2.43. The Balaban J connectivity index is 1.87. The quantitative estimate of drug-likeness (QED) is 0.743. The van der Waals surface area contributed by atoms with Gasteiger partial charge in [0, 0.05) is 29.2 Å². The van der Waals surface area contributed by atoms with Crippen LogP contribution in [0.5, 0.6) is 11.5 Å². The first kappa shape index (κ1) is 16.4. The molecule has 5 rings (SSSR count). The fourth-order valence-electron chi connectivity index (χ4n) is 4.14. The fourth-order valence-corrected chi connectivity index (χ4v) is 4.14. The van der Waals surface area contributed by atoms with Gasteiger partial charge in [-0.2, -0.15) is 10.4 Å². The Kier molecular flexibility index (Phi) is 3.43. The lowest BCUT2D eigenvalue weighted by molar-refractivity contribution is -0.116. The van der Waals surface area contributed by atoms with E-state index in [-0.39, 0.29) is 28.0 Å². The molecule has 0 saturated heterocycles. The van der Waals surface area contributed by atoms with E-state index < -0.39 is 5.92 Å². The lowest BCUT2D eigenvalue weighted by atomic mass is 9.75. The van der Waals surface area contributed by atoms with Crippen molar-refractivity contribution in [2.45, 2.75) is 25.2 Å². The van der Waals surface area contributed by atoms with Crippen molar-refractivity contribution in [1.82, 2.24) is 0 Å². The number of carbonyl (C=O) groups excluding carboxylic acids is 1. The van der Waals surface area contributed by atoms with Crippen LogP contribution in [0.4, 0.5) is 0 Å². The Morgan fingerprint density at radius 2 is 1.86 bits per heavy atom. The molecule has 0 bridgehead atoms. The molecule has 7 heteroatoms. The summed E-state index contributed by atoms with van der Waals surface area (Å²) >= 11 is 0. The van der Waals surface area contributed by atoms with Crippen molar-refractivity contribution in [1.29, 1.82) is 5.26 Å². The van der Waals surface area contributed by atoms with Crippen LogP contribution in [0.15, 0.2) is 50.7 Å². The molecule has 0 radical (unpaired) electrons. The average molecular weight is 370 g/mol. The van der Waals surface area contributed by atoms with E-state index in [4.69, 9.17) is 5.26 Å². The number of carbonyl (C=O) groups is 1. The smallest absolute Gasteiger partial charge is 0.161 e. The number of ketones is 1. The molecule has 7 nitrogen and oxygen atoms in total. The van der Waals surface area contributed by atoms with E-state index >= 15 is 0 Å². The number of nitrogens with zero attached hydrogens (tertiary/aromatic N) is 4. The molecule has 0 spiro atoms. The molecule has 0 amide bonds. The van der Waals surface area contributed by atoms with Crippen LogP contribution in [0.3, 0.4) is 0 Å². The van der Waals surface area contributed by atoms with E-state index in [1.165, 1.54) is 6.21 Å². The molecule has 3 aliphatic rings. The molecule has 1 atom stereocenters. The number of Topliss-reactive ketones (excluding diaryl/α,β-unsaturated/α-hetero) is 1. The first-order valence-electron chi connectivity index (χ1n) is 8.94. The maximum absolute atomic E-state index is 12.8. The van der Waals surface area contributed by atoms with E-state index in [1.54, 1.807) is 24.3 Å². The van der Waals surface area contributed by atoms with E-state index in [2.05, 4.69) is 21.3 Å². The van der Waals surface area contributed by atoms with Crippen LogP contribution in [-0.2, 0) is 4.79 Å². The Hall–Kier alpha value is -3.79. The second kappa shape index (κ2) is 5.86. The summed E-state index contributed by atoms with van der Waals surface area (Å²) in [7, 11) is 0. The highest BCUT2D eigenvalue weighted by Gasteiger charge is 2.37. The SMILES string of the molecule is N#Cc1ccc(C2C3=C(CCCC3=O)N=c3c(O)c4c(c(O)c32)=NN=C4)cc1. The number of fused-ring (bicyclic) bond motifs is 2. The Labute approximate surface area is 159 Å². The molecule has 2 aromatic rings. The molecule has 0 saturated carbocycles. The highest BCUT2D eigenvalue weighted by atomic mass is 16.3. The number of allylic oxidation sites excluding steroid dienone is 2. The van der Waals surface area contributed by atoms with Gasteiger partial charge in [0.05, 0.1) is 23.4 Å². The van der Waals surface area contributed by atoms with Gasteiger partial charge >= 0.3 is 0 Å². The van der Waals surface area contributed by atoms with Crippen molar-refractivity contribution in [2.75, 3.05) is 0 Å². The van der Waals surface area contributed by atoms with Gasteiger partial charge in [0.1, 0.15) is 16.5 Å². The normalized spacial score (nSPS) is 19.2. The van der Waals surface area contributed by atoms with Gasteiger partial charge in [0.2, 0.25) is 0 Å². The molecule has 2 aromatic carbocycles. The van der Waals surface area contributed by atoms with Crippen LogP contribution in [0.25, 0.3) is 0 Å². The number of nitriles is 1. The van der Waals surface area contributed by atoms with Crippen LogP contribution in [0.1, 0.15) is 47.4 Å². The molecule has 1 aliphatic carbocycles. The summed E-state index contributed by atoms with van der Waals surface area (Å²) in [5.74, 6) is -0.841. The number of hydrogen-bond acceptors (Lipinski definition) is 7. The second-order valence-electron chi connectivity index (χ2n) is 6.98. The predicted octanol–water partition coefficient (Wildman–Crippen LogP) is 1.71. The Morgan fingerprint density at radius 1 is 1.07 bits per heavy atom. The second-order valence-corrected chi connectivity index (χ2v) is 6.98. The Bertz CT molecular complexity index is 1280. The van der Waals surface area contributed by atoms with Crippen molar-refractivity contribution in [3.63, 3.8) is 0 Å². The number of phenolic OH excluding ortho intramolecular Hbond substituents is 2. The van der Waals surface area contributed by atoms with Crippen molar-refractivity contribution in [2.24, 2.45) is 15.2 Å². The molecule has 2 N–H and O–H groups in total. The first-order valence-corrected chi connectivity index (χ1v) is 8.94. The minimum atomic E-state index is -0.588. The number of aromatic hydroxyl groups is 2. The van der Waals surface area contributed by atoms with Gasteiger partial charge in [0.15, 0.2) is 11.5 Å². The van der Waals surface area contributed by atoms with E-state index in [0.717, 1.165) is 5.56 Å². The summed E-state index contributed by atoms with van der Waals surface area (Å²) in [5.41, 5.74) is 3.09. The maximum Gasteiger partial charge on any atom is 0.161 e. The van der Waals surface area contributed by atoms with E-state index in [1.807, 2.05) is 0 Å². The number of rotatable bonds is 1. The molecule has 1 unspecified atom stereocenters. The monoisotopic (exact) mass is 370 g/mol. The minimum Gasteiger partial charge on any atom is -0.505 e. The molecular weight excluding hydrogens is 356 g/mol. The van der Waals surface area contributed by atoms with E-state index in [0.29, 0.717) is 47.2 Å². The lowest BCUT2D eigenvalue weighted by Crippen LogP contribution is -2.31. The van der Waals surface area contributed by atoms with Crippen LogP contribution in [-0.4, -0.2) is 22.2 Å². The number of benzene rings is 2. The number of hydrogen-bond donors (Lipinski definition) is 2. The van der Waals surface area contributed by atoms with Gasteiger partial charge in [-0.05, 0) is 30.5 Å². The molecule has 136 valence electrons. The molecule has 0 aromatic heterocycles. The summed E-state index contributed by atoms with van der Waals surface area (Å²) in [6.45, 7) is 0. The minimum absolute atomic E-state index is 0.0161. The third kappa shape index (κ3) is 2.15. The third-order valence-corrected chi connectivity index (χ3v) is 5.44. The molecule has 28 heavy (non-hydrogen) atoms. The summed E-state index contributed by atoms with van der Waals surface area (Å²) in [4.78, 5) is 17.4. The maximum atomic E-state index is 12.8. The van der Waals surface area contributed by atoms with Gasteiger partial charge in [0.25, 0.3) is 0 Å². The predicted molar refractivity (Wildman–Crippen MR) is 98.6 cm³/mol. The largest absolute Gasteiger partial charge is 0.505 e. The standard InChI is InChI=1S/C21H14N4O3/c22-8-10-4-6-11(7-5-10)15-16-13(2-1-3-14(16)26)24-19-17(15)21(28)18-12(20(19)27)9-23-25-18/h4-7,9,15,27-28H,1-3H2.